The van der Waals surface area contributed by atoms with Crippen LogP contribution in [0.25, 0.3) is 0 Å². The number of aromatic nitrogens is 2. The van der Waals surface area contributed by atoms with Gasteiger partial charge in [0.15, 0.2) is 5.78 Å². The molecule has 0 bridgehead atoms. The van der Waals surface area contributed by atoms with Crippen molar-refractivity contribution >= 4 is 11.6 Å². The molecule has 164 valence electrons. The Morgan fingerprint density at radius 1 is 1.06 bits per heavy atom. The highest BCUT2D eigenvalue weighted by atomic mass is 19.4. The third-order valence-corrected chi connectivity index (χ3v) is 6.01. The van der Waals surface area contributed by atoms with Crippen LogP contribution in [0.4, 0.5) is 19.0 Å². The highest BCUT2D eigenvalue weighted by molar-refractivity contribution is 6.01. The number of allylic oxidation sites excluding steroid dienone is 2. The molecule has 1 aromatic carbocycles. The van der Waals surface area contributed by atoms with E-state index < -0.39 is 28.9 Å². The summed E-state index contributed by atoms with van der Waals surface area (Å²) < 4.78 is 42.4. The van der Waals surface area contributed by atoms with Crippen LogP contribution in [0.2, 0.25) is 0 Å². The van der Waals surface area contributed by atoms with Gasteiger partial charge in [-0.3, -0.25) is 18.7 Å². The second-order valence-electron chi connectivity index (χ2n) is 8.98. The second-order valence-corrected chi connectivity index (χ2v) is 8.98. The molecular formula is C22H22F3N3O3. The molecule has 1 N–H and O–H groups in total. The van der Waals surface area contributed by atoms with Crippen LogP contribution in [-0.4, -0.2) is 14.9 Å². The van der Waals surface area contributed by atoms with E-state index in [1.54, 1.807) is 0 Å². The Hall–Kier alpha value is -3.10. The molecule has 0 amide bonds. The van der Waals surface area contributed by atoms with Crippen molar-refractivity contribution in [3.05, 3.63) is 73.1 Å². The van der Waals surface area contributed by atoms with E-state index in [2.05, 4.69) is 5.32 Å². The molecule has 2 aromatic rings. The maximum absolute atomic E-state index is 13.4. The quantitative estimate of drug-likeness (QED) is 0.749. The molecule has 6 nitrogen and oxygen atoms in total. The summed E-state index contributed by atoms with van der Waals surface area (Å²) in [6, 6.07) is 4.67. The SMILES string of the molecule is Cn1c2c(c(=O)n(C)c1=O)C(c1cccc(C(F)(F)F)c1)C1=C(CC(C)(C)CC1=O)N2. The number of nitrogens with one attached hydrogen (secondary N) is 1. The third kappa shape index (κ3) is 3.32. The lowest BCUT2D eigenvalue weighted by Crippen LogP contribution is -2.45. The number of alkyl halides is 3. The molecule has 2 aliphatic rings. The molecule has 2 heterocycles. The Labute approximate surface area is 176 Å². The normalized spacial score (nSPS) is 20.2. The van der Waals surface area contributed by atoms with Gasteiger partial charge in [0, 0.05) is 37.7 Å². The minimum absolute atomic E-state index is 0.0933. The van der Waals surface area contributed by atoms with E-state index in [-0.39, 0.29) is 34.6 Å². The van der Waals surface area contributed by atoms with E-state index in [9.17, 15) is 27.6 Å². The Bertz CT molecular complexity index is 1270. The molecule has 0 fully saturated rings. The van der Waals surface area contributed by atoms with Crippen LogP contribution in [0.1, 0.15) is 49.3 Å². The number of hydrogen-bond acceptors (Lipinski definition) is 4. The van der Waals surface area contributed by atoms with Crippen LogP contribution in [-0.2, 0) is 25.1 Å². The van der Waals surface area contributed by atoms with E-state index in [4.69, 9.17) is 0 Å². The summed E-state index contributed by atoms with van der Waals surface area (Å²) in [5, 5.41) is 3.09. The maximum Gasteiger partial charge on any atom is 0.416 e. The number of nitrogens with zero attached hydrogens (tertiary/aromatic N) is 2. The summed E-state index contributed by atoms with van der Waals surface area (Å²) >= 11 is 0. The number of ketones is 1. The van der Waals surface area contributed by atoms with Crippen molar-refractivity contribution in [2.24, 2.45) is 19.5 Å². The van der Waals surface area contributed by atoms with Crippen molar-refractivity contribution in [2.75, 3.05) is 5.32 Å². The zero-order chi connectivity index (χ0) is 22.9. The van der Waals surface area contributed by atoms with Crippen LogP contribution in [0.3, 0.4) is 0 Å². The molecule has 1 aliphatic carbocycles. The fourth-order valence-corrected chi connectivity index (χ4v) is 4.58. The van der Waals surface area contributed by atoms with Crippen molar-refractivity contribution in [3.63, 3.8) is 0 Å². The number of Topliss-reactive ketones (excluding diaryl/α,β-unsaturated/α-hetero) is 1. The molecule has 0 saturated carbocycles. The number of carbonyl (C=O) groups excluding carboxylic acids is 1. The first-order chi connectivity index (χ1) is 14.3. The predicted octanol–water partition coefficient (Wildman–Crippen LogP) is 3.30. The van der Waals surface area contributed by atoms with Crippen LogP contribution in [0.15, 0.2) is 45.1 Å². The largest absolute Gasteiger partial charge is 0.416 e. The van der Waals surface area contributed by atoms with Gasteiger partial charge in [-0.15, -0.1) is 0 Å². The summed E-state index contributed by atoms with van der Waals surface area (Å²) in [6.07, 6.45) is -3.90. The van der Waals surface area contributed by atoms with Gasteiger partial charge in [0.2, 0.25) is 0 Å². The average Bonchev–Trinajstić information content (AvgIpc) is 2.67. The van der Waals surface area contributed by atoms with E-state index in [1.165, 1.54) is 30.8 Å². The molecule has 1 atom stereocenters. The summed E-state index contributed by atoms with van der Waals surface area (Å²) in [5.74, 6) is -1.01. The van der Waals surface area contributed by atoms with Crippen LogP contribution < -0.4 is 16.6 Å². The van der Waals surface area contributed by atoms with Gasteiger partial charge in [-0.25, -0.2) is 4.79 Å². The standard InChI is InChI=1S/C22H22F3N3O3/c1-21(2)9-13-16(14(29)10-21)15(11-6-5-7-12(8-11)22(23,24)25)17-18(26-13)27(3)20(31)28(4)19(17)30/h5-8,15,26H,9-10H2,1-4H3. The summed E-state index contributed by atoms with van der Waals surface area (Å²) in [6.45, 7) is 3.85. The highest BCUT2D eigenvalue weighted by Crippen LogP contribution is 2.48. The maximum atomic E-state index is 13.4. The Balaban J connectivity index is 2.07. The minimum Gasteiger partial charge on any atom is -0.344 e. The first-order valence-electron chi connectivity index (χ1n) is 9.82. The number of halogens is 3. The number of rotatable bonds is 1. The number of anilines is 1. The predicted molar refractivity (Wildman–Crippen MR) is 109 cm³/mol. The van der Waals surface area contributed by atoms with E-state index >= 15 is 0 Å². The molecule has 9 heteroatoms. The van der Waals surface area contributed by atoms with Crippen molar-refractivity contribution in [3.8, 4) is 0 Å². The Morgan fingerprint density at radius 2 is 1.74 bits per heavy atom. The average molecular weight is 433 g/mol. The van der Waals surface area contributed by atoms with E-state index in [1.807, 2.05) is 13.8 Å². The monoisotopic (exact) mass is 433 g/mol. The van der Waals surface area contributed by atoms with Crippen molar-refractivity contribution in [1.82, 2.24) is 9.13 Å². The number of hydrogen-bond donors (Lipinski definition) is 1. The van der Waals surface area contributed by atoms with Crippen molar-refractivity contribution in [1.29, 1.82) is 0 Å². The topological polar surface area (TPSA) is 73.1 Å². The van der Waals surface area contributed by atoms with Gasteiger partial charge in [0.1, 0.15) is 5.82 Å². The molecule has 1 aromatic heterocycles. The lowest BCUT2D eigenvalue weighted by molar-refractivity contribution is -0.137. The molecular weight excluding hydrogens is 411 g/mol. The highest BCUT2D eigenvalue weighted by Gasteiger charge is 2.43. The molecule has 0 spiro atoms. The molecule has 4 rings (SSSR count). The lowest BCUT2D eigenvalue weighted by atomic mass is 9.69. The van der Waals surface area contributed by atoms with Gasteiger partial charge in [-0.1, -0.05) is 32.0 Å². The molecule has 31 heavy (non-hydrogen) atoms. The fourth-order valence-electron chi connectivity index (χ4n) is 4.58. The van der Waals surface area contributed by atoms with Crippen molar-refractivity contribution in [2.45, 2.75) is 38.8 Å². The van der Waals surface area contributed by atoms with Crippen LogP contribution in [0, 0.1) is 5.41 Å². The van der Waals surface area contributed by atoms with E-state index in [0.29, 0.717) is 17.7 Å². The molecule has 0 radical (unpaired) electrons. The Kier molecular flexibility index (Phi) is 4.57. The first kappa shape index (κ1) is 21.1. The fraction of sp³-hybridized carbons (Fsp3) is 0.409. The van der Waals surface area contributed by atoms with Gasteiger partial charge in [-0.2, -0.15) is 13.2 Å². The van der Waals surface area contributed by atoms with E-state index in [0.717, 1.165) is 16.7 Å². The van der Waals surface area contributed by atoms with Crippen LogP contribution >= 0.6 is 0 Å². The molecule has 1 unspecified atom stereocenters. The van der Waals surface area contributed by atoms with Crippen LogP contribution in [0.5, 0.6) is 0 Å². The molecule has 1 aliphatic heterocycles. The van der Waals surface area contributed by atoms with Gasteiger partial charge < -0.3 is 5.32 Å². The Morgan fingerprint density at radius 3 is 2.39 bits per heavy atom. The zero-order valence-electron chi connectivity index (χ0n) is 17.6. The van der Waals surface area contributed by atoms with Gasteiger partial charge >= 0.3 is 11.9 Å². The minimum atomic E-state index is -4.57. The second kappa shape index (κ2) is 6.70. The summed E-state index contributed by atoms with van der Waals surface area (Å²) in [5.41, 5.74) is -1.32. The third-order valence-electron chi connectivity index (χ3n) is 6.01. The van der Waals surface area contributed by atoms with Crippen molar-refractivity contribution < 1.29 is 18.0 Å². The number of fused-ring (bicyclic) bond motifs is 1. The van der Waals surface area contributed by atoms with Gasteiger partial charge in [0.05, 0.1) is 11.1 Å². The summed E-state index contributed by atoms with van der Waals surface area (Å²) in [4.78, 5) is 38.8. The lowest BCUT2D eigenvalue weighted by Gasteiger charge is -2.39. The summed E-state index contributed by atoms with van der Waals surface area (Å²) in [7, 11) is 2.79. The number of carbonyl (C=O) groups is 1. The number of benzene rings is 1. The smallest absolute Gasteiger partial charge is 0.344 e. The van der Waals surface area contributed by atoms with Gasteiger partial charge in [-0.05, 0) is 23.5 Å². The zero-order valence-corrected chi connectivity index (χ0v) is 17.6. The molecule has 0 saturated heterocycles. The van der Waals surface area contributed by atoms with Gasteiger partial charge in [0.25, 0.3) is 5.56 Å². The first-order valence-corrected chi connectivity index (χ1v) is 9.82.